The second kappa shape index (κ2) is 5.22. The van der Waals surface area contributed by atoms with Crippen molar-refractivity contribution < 1.29 is 9.32 Å². The van der Waals surface area contributed by atoms with Gasteiger partial charge in [0, 0.05) is 21.8 Å². The Kier molecular flexibility index (Phi) is 3.66. The molecule has 0 saturated carbocycles. The summed E-state index contributed by atoms with van der Waals surface area (Å²) in [6.07, 6.45) is 0. The van der Waals surface area contributed by atoms with E-state index < -0.39 is 0 Å². The topological polar surface area (TPSA) is 81.2 Å². The summed E-state index contributed by atoms with van der Waals surface area (Å²) in [6.45, 7) is 2.12. The number of halogens is 1. The van der Waals surface area contributed by atoms with Crippen molar-refractivity contribution in [2.24, 2.45) is 0 Å². The van der Waals surface area contributed by atoms with Gasteiger partial charge in [0.1, 0.15) is 11.5 Å². The number of hydrogen-bond acceptors (Lipinski definition) is 4. The van der Waals surface area contributed by atoms with E-state index in [4.69, 9.17) is 10.3 Å². The minimum atomic E-state index is -0.205. The Morgan fingerprint density at radius 3 is 2.83 bits per heavy atom. The maximum Gasteiger partial charge on any atom is 0.251 e. The first-order valence-electron chi connectivity index (χ1n) is 5.31. The van der Waals surface area contributed by atoms with Crippen LogP contribution < -0.4 is 11.1 Å². The first-order valence-corrected chi connectivity index (χ1v) is 6.10. The van der Waals surface area contributed by atoms with Crippen molar-refractivity contribution in [1.82, 2.24) is 10.5 Å². The maximum atomic E-state index is 11.9. The lowest BCUT2D eigenvalue weighted by Crippen LogP contribution is -2.23. The van der Waals surface area contributed by atoms with Crippen LogP contribution in [0.25, 0.3) is 0 Å². The Morgan fingerprint density at radius 1 is 1.44 bits per heavy atom. The van der Waals surface area contributed by atoms with Gasteiger partial charge in [-0.2, -0.15) is 0 Å². The molecule has 0 bridgehead atoms. The number of rotatable bonds is 3. The van der Waals surface area contributed by atoms with Gasteiger partial charge in [-0.05, 0) is 25.1 Å². The van der Waals surface area contributed by atoms with Gasteiger partial charge in [0.15, 0.2) is 0 Å². The number of amides is 1. The van der Waals surface area contributed by atoms with Gasteiger partial charge in [0.2, 0.25) is 0 Å². The van der Waals surface area contributed by atoms with Gasteiger partial charge in [-0.3, -0.25) is 4.79 Å². The zero-order valence-electron chi connectivity index (χ0n) is 9.74. The summed E-state index contributed by atoms with van der Waals surface area (Å²) in [4.78, 5) is 11.9. The molecule has 0 fully saturated rings. The lowest BCUT2D eigenvalue weighted by Gasteiger charge is -2.04. The molecule has 0 saturated heterocycles. The number of nitrogens with two attached hydrogens (primary N) is 1. The lowest BCUT2D eigenvalue weighted by atomic mass is 10.2. The van der Waals surface area contributed by atoms with E-state index in [0.717, 1.165) is 4.47 Å². The van der Waals surface area contributed by atoms with Crippen LogP contribution in [0.3, 0.4) is 0 Å². The molecular weight excluding hydrogens is 298 g/mol. The fourth-order valence-electron chi connectivity index (χ4n) is 1.52. The van der Waals surface area contributed by atoms with Crippen molar-refractivity contribution in [3.8, 4) is 0 Å². The Hall–Kier alpha value is -1.82. The molecule has 6 heteroatoms. The molecule has 1 amide bonds. The average molecular weight is 310 g/mol. The van der Waals surface area contributed by atoms with E-state index in [1.807, 2.05) is 0 Å². The Balaban J connectivity index is 2.03. The molecular formula is C12H12BrN3O2. The number of nitrogens with zero attached hydrogens (tertiary/aromatic N) is 1. The number of carbonyl (C=O) groups is 1. The van der Waals surface area contributed by atoms with Crippen LogP contribution in [-0.4, -0.2) is 11.1 Å². The summed E-state index contributed by atoms with van der Waals surface area (Å²) in [5.74, 6) is 0.509. The van der Waals surface area contributed by atoms with Gasteiger partial charge in [0.25, 0.3) is 5.91 Å². The van der Waals surface area contributed by atoms with Crippen molar-refractivity contribution in [2.45, 2.75) is 13.5 Å². The molecule has 0 aliphatic carbocycles. The van der Waals surface area contributed by atoms with Crippen LogP contribution in [0.2, 0.25) is 0 Å². The van der Waals surface area contributed by atoms with Gasteiger partial charge < -0.3 is 15.6 Å². The van der Waals surface area contributed by atoms with E-state index in [1.54, 1.807) is 31.2 Å². The van der Waals surface area contributed by atoms with E-state index >= 15 is 0 Å². The number of hydrogen-bond donors (Lipinski definition) is 2. The van der Waals surface area contributed by atoms with Crippen LogP contribution in [0.15, 0.2) is 33.3 Å². The molecule has 18 heavy (non-hydrogen) atoms. The van der Waals surface area contributed by atoms with E-state index in [9.17, 15) is 4.79 Å². The molecule has 1 aromatic heterocycles. The molecule has 0 aliphatic rings. The fourth-order valence-corrected chi connectivity index (χ4v) is 2.03. The minimum Gasteiger partial charge on any atom is -0.399 e. The molecule has 94 valence electrons. The molecule has 0 atom stereocenters. The summed E-state index contributed by atoms with van der Waals surface area (Å²) in [5.41, 5.74) is 7.39. The zero-order valence-corrected chi connectivity index (χ0v) is 11.3. The summed E-state index contributed by atoms with van der Waals surface area (Å²) >= 11 is 3.29. The monoisotopic (exact) mass is 309 g/mol. The van der Waals surface area contributed by atoms with Crippen molar-refractivity contribution in [3.63, 3.8) is 0 Å². The van der Waals surface area contributed by atoms with Crippen molar-refractivity contribution in [2.75, 3.05) is 5.73 Å². The molecule has 2 aromatic rings. The predicted molar refractivity (Wildman–Crippen MR) is 71.0 cm³/mol. The van der Waals surface area contributed by atoms with Gasteiger partial charge in [-0.15, -0.1) is 0 Å². The van der Waals surface area contributed by atoms with Crippen LogP contribution in [0.5, 0.6) is 0 Å². The van der Waals surface area contributed by atoms with Crippen molar-refractivity contribution in [1.29, 1.82) is 0 Å². The highest BCUT2D eigenvalue weighted by Gasteiger charge is 2.08. The highest BCUT2D eigenvalue weighted by atomic mass is 79.9. The number of nitrogen functional groups attached to an aromatic ring is 1. The molecule has 0 aliphatic heterocycles. The first kappa shape index (κ1) is 12.6. The average Bonchev–Trinajstić information content (AvgIpc) is 2.70. The van der Waals surface area contributed by atoms with Crippen LogP contribution in [-0.2, 0) is 6.54 Å². The normalized spacial score (nSPS) is 10.3. The van der Waals surface area contributed by atoms with Crippen LogP contribution in [0, 0.1) is 6.92 Å². The van der Waals surface area contributed by atoms with E-state index in [0.29, 0.717) is 29.2 Å². The second-order valence-electron chi connectivity index (χ2n) is 3.88. The van der Waals surface area contributed by atoms with Crippen molar-refractivity contribution in [3.05, 3.63) is 45.8 Å². The van der Waals surface area contributed by atoms with Gasteiger partial charge in [-0.1, -0.05) is 21.1 Å². The molecule has 0 spiro atoms. The highest BCUT2D eigenvalue weighted by Crippen LogP contribution is 2.17. The molecule has 2 rings (SSSR count). The number of carbonyl (C=O) groups excluding carboxylic acids is 1. The van der Waals surface area contributed by atoms with Crippen LogP contribution in [0.4, 0.5) is 5.69 Å². The third-order valence-corrected chi connectivity index (χ3v) is 2.75. The van der Waals surface area contributed by atoms with E-state index in [1.165, 1.54) is 0 Å². The Bertz CT molecular complexity index is 560. The summed E-state index contributed by atoms with van der Waals surface area (Å²) < 4.78 is 5.68. The zero-order chi connectivity index (χ0) is 13.1. The highest BCUT2D eigenvalue weighted by molar-refractivity contribution is 9.10. The summed E-state index contributed by atoms with van der Waals surface area (Å²) in [5, 5.41) is 6.54. The maximum absolute atomic E-state index is 11.9. The molecule has 1 heterocycles. The van der Waals surface area contributed by atoms with Gasteiger partial charge in [0.05, 0.1) is 6.54 Å². The third kappa shape index (κ3) is 3.10. The minimum absolute atomic E-state index is 0.205. The standard InChI is InChI=1S/C12H12BrN3O2/c1-7-2-11(16-18-7)6-15-12(17)8-3-9(13)5-10(14)4-8/h2-5H,6,14H2,1H3,(H,15,17). The Morgan fingerprint density at radius 2 is 2.22 bits per heavy atom. The number of aromatic nitrogens is 1. The SMILES string of the molecule is Cc1cc(CNC(=O)c2cc(N)cc(Br)c2)no1. The Labute approximate surface area is 112 Å². The second-order valence-corrected chi connectivity index (χ2v) is 4.80. The fraction of sp³-hybridized carbons (Fsp3) is 0.167. The molecule has 0 radical (unpaired) electrons. The first-order chi connectivity index (χ1) is 8.54. The number of benzene rings is 1. The number of anilines is 1. The molecule has 5 nitrogen and oxygen atoms in total. The van der Waals surface area contributed by atoms with Gasteiger partial charge >= 0.3 is 0 Å². The quantitative estimate of drug-likeness (QED) is 0.852. The van der Waals surface area contributed by atoms with E-state index in [-0.39, 0.29) is 5.91 Å². The summed E-state index contributed by atoms with van der Waals surface area (Å²) in [6, 6.07) is 6.83. The van der Waals surface area contributed by atoms with Crippen LogP contribution >= 0.6 is 15.9 Å². The largest absolute Gasteiger partial charge is 0.399 e. The number of aryl methyl sites for hydroxylation is 1. The summed E-state index contributed by atoms with van der Waals surface area (Å²) in [7, 11) is 0. The lowest BCUT2D eigenvalue weighted by molar-refractivity contribution is 0.0950. The molecule has 1 aromatic carbocycles. The number of nitrogens with one attached hydrogen (secondary N) is 1. The van der Waals surface area contributed by atoms with Gasteiger partial charge in [-0.25, -0.2) is 0 Å². The van der Waals surface area contributed by atoms with Crippen LogP contribution in [0.1, 0.15) is 21.8 Å². The smallest absolute Gasteiger partial charge is 0.251 e. The van der Waals surface area contributed by atoms with Crippen molar-refractivity contribution >= 4 is 27.5 Å². The molecule has 0 unspecified atom stereocenters. The third-order valence-electron chi connectivity index (χ3n) is 2.29. The molecule has 3 N–H and O–H groups in total. The van der Waals surface area contributed by atoms with E-state index in [2.05, 4.69) is 26.4 Å². The predicted octanol–water partition coefficient (Wildman–Crippen LogP) is 2.26.